The number of nitrogens with zero attached hydrogens (tertiary/aromatic N) is 1. The SMILES string of the molecule is Cc1cnc2[nH]c(=S)c([C@@H]3O[C@H](COP(=O)(O)OP(=O)(O)OP(=O)(O)O)[C@H](O)C3O)cc2c1F. The Bertz CT molecular complexity index is 1300. The van der Waals surface area contributed by atoms with Gasteiger partial charge in [0.15, 0.2) is 0 Å². The molecule has 0 radical (unpaired) electrons. The molecule has 0 amide bonds. The molecule has 34 heavy (non-hydrogen) atoms. The highest BCUT2D eigenvalue weighted by atomic mass is 32.1. The molecule has 15 nitrogen and oxygen atoms in total. The van der Waals surface area contributed by atoms with Crippen LogP contribution in [0.4, 0.5) is 4.39 Å². The Kier molecular flexibility index (Phi) is 7.96. The van der Waals surface area contributed by atoms with Crippen molar-refractivity contribution in [3.8, 4) is 0 Å². The topological polar surface area (TPSA) is 238 Å². The third kappa shape index (κ3) is 6.40. The zero-order chi connectivity index (χ0) is 25.6. The number of phosphoric ester groups is 1. The average Bonchev–Trinajstić information content (AvgIpc) is 2.95. The maximum absolute atomic E-state index is 14.5. The van der Waals surface area contributed by atoms with Crippen LogP contribution in [0.15, 0.2) is 12.3 Å². The molecule has 0 aliphatic carbocycles. The van der Waals surface area contributed by atoms with Crippen molar-refractivity contribution in [3.63, 3.8) is 0 Å². The lowest BCUT2D eigenvalue weighted by Crippen LogP contribution is -2.33. The number of phosphoric acid groups is 3. The summed E-state index contributed by atoms with van der Waals surface area (Å²) < 4.78 is 65.4. The Morgan fingerprint density at radius 3 is 2.41 bits per heavy atom. The van der Waals surface area contributed by atoms with Crippen LogP contribution in [0, 0.1) is 17.4 Å². The quantitative estimate of drug-likeness (QED) is 0.176. The lowest BCUT2D eigenvalue weighted by atomic mass is 10.0. The monoisotopic (exact) mass is 566 g/mol. The van der Waals surface area contributed by atoms with E-state index in [2.05, 4.69) is 23.1 Å². The second kappa shape index (κ2) is 9.81. The van der Waals surface area contributed by atoms with Crippen LogP contribution in [0.5, 0.6) is 0 Å². The molecular weight excluding hydrogens is 548 g/mol. The van der Waals surface area contributed by atoms with Crippen molar-refractivity contribution in [2.75, 3.05) is 6.61 Å². The molecule has 1 aliphatic rings. The fraction of sp³-hybridized carbons (Fsp3) is 0.429. The number of aromatic amines is 1. The van der Waals surface area contributed by atoms with Gasteiger partial charge >= 0.3 is 23.5 Å². The van der Waals surface area contributed by atoms with Crippen LogP contribution in [0.1, 0.15) is 17.2 Å². The summed E-state index contributed by atoms with van der Waals surface area (Å²) in [5.41, 5.74) is 0.404. The molecule has 0 aromatic carbocycles. The molecule has 2 aromatic heterocycles. The Balaban J connectivity index is 1.77. The number of hydrogen-bond acceptors (Lipinski definition) is 11. The van der Waals surface area contributed by atoms with Crippen LogP contribution >= 0.6 is 35.7 Å². The molecule has 7 N–H and O–H groups in total. The molecule has 1 aliphatic heterocycles. The first-order valence-electron chi connectivity index (χ1n) is 8.97. The van der Waals surface area contributed by atoms with Gasteiger partial charge in [0.1, 0.15) is 40.5 Å². The van der Waals surface area contributed by atoms with Gasteiger partial charge in [-0.1, -0.05) is 12.2 Å². The minimum absolute atomic E-state index is 0.00645. The predicted molar refractivity (Wildman–Crippen MR) is 111 cm³/mol. The molecule has 2 aromatic rings. The highest BCUT2D eigenvalue weighted by molar-refractivity contribution is 7.71. The van der Waals surface area contributed by atoms with Gasteiger partial charge < -0.3 is 39.5 Å². The summed E-state index contributed by atoms with van der Waals surface area (Å²) in [5.74, 6) is -0.616. The first kappa shape index (κ1) is 27.6. The third-order valence-electron chi connectivity index (χ3n) is 4.51. The number of aliphatic hydroxyl groups excluding tert-OH is 2. The minimum atomic E-state index is -5.74. The van der Waals surface area contributed by atoms with E-state index in [4.69, 9.17) is 31.6 Å². The summed E-state index contributed by atoms with van der Waals surface area (Å²) in [7, 11) is -16.8. The molecule has 0 spiro atoms. The van der Waals surface area contributed by atoms with E-state index < -0.39 is 60.3 Å². The number of rotatable bonds is 8. The van der Waals surface area contributed by atoms with Crippen molar-refractivity contribution >= 4 is 46.7 Å². The van der Waals surface area contributed by atoms with E-state index in [1.54, 1.807) is 0 Å². The van der Waals surface area contributed by atoms with Crippen molar-refractivity contribution in [1.29, 1.82) is 0 Å². The van der Waals surface area contributed by atoms with Crippen molar-refractivity contribution in [2.45, 2.75) is 31.3 Å². The summed E-state index contributed by atoms with van der Waals surface area (Å²) in [4.78, 5) is 42.4. The van der Waals surface area contributed by atoms with Crippen molar-refractivity contribution < 1.29 is 65.8 Å². The molecule has 0 saturated carbocycles. The molecule has 3 unspecified atom stereocenters. The van der Waals surface area contributed by atoms with Crippen LogP contribution in [-0.2, 0) is 31.6 Å². The highest BCUT2D eigenvalue weighted by Crippen LogP contribution is 2.66. The molecule has 190 valence electrons. The maximum atomic E-state index is 14.5. The van der Waals surface area contributed by atoms with E-state index >= 15 is 0 Å². The lowest BCUT2D eigenvalue weighted by Gasteiger charge is -2.19. The number of halogens is 1. The van der Waals surface area contributed by atoms with E-state index in [-0.39, 0.29) is 26.8 Å². The van der Waals surface area contributed by atoms with E-state index in [1.165, 1.54) is 19.2 Å². The molecular formula is C14H18FN2O13P3S. The summed E-state index contributed by atoms with van der Waals surface area (Å²) in [6.07, 6.45) is -4.98. The van der Waals surface area contributed by atoms with E-state index in [0.717, 1.165) is 0 Å². The molecule has 3 heterocycles. The molecule has 20 heteroatoms. The van der Waals surface area contributed by atoms with Crippen LogP contribution in [0.3, 0.4) is 0 Å². The second-order valence-corrected chi connectivity index (χ2v) is 11.9. The number of H-pyrrole nitrogens is 1. The van der Waals surface area contributed by atoms with Crippen LogP contribution < -0.4 is 0 Å². The molecule has 3 rings (SSSR count). The van der Waals surface area contributed by atoms with Crippen molar-refractivity contribution in [1.82, 2.24) is 9.97 Å². The molecule has 1 saturated heterocycles. The van der Waals surface area contributed by atoms with Gasteiger partial charge in [0.25, 0.3) is 0 Å². The number of aliphatic hydroxyl groups is 2. The fourth-order valence-electron chi connectivity index (χ4n) is 3.06. The smallest absolute Gasteiger partial charge is 0.387 e. The van der Waals surface area contributed by atoms with Gasteiger partial charge in [-0.05, 0) is 13.0 Å². The van der Waals surface area contributed by atoms with Crippen molar-refractivity contribution in [3.05, 3.63) is 33.8 Å². The number of aromatic nitrogens is 2. The van der Waals surface area contributed by atoms with Crippen LogP contribution in [0.25, 0.3) is 11.0 Å². The standard InChI is InChI=1S/C14H18FN2O13P3S/c1-5-3-16-13-6(9(5)15)2-7(14(34)17-13)12-11(19)10(18)8(28-12)4-27-32(23,24)30-33(25,26)29-31(20,21)22/h2-3,8,10-12,18-19H,4H2,1H3,(H,23,24)(H,25,26)(H,16,17,34)(H2,20,21,22)/t8-,10+,11?,12+/m1/s1. The maximum Gasteiger partial charge on any atom is 0.490 e. The highest BCUT2D eigenvalue weighted by Gasteiger charge is 2.46. The first-order chi connectivity index (χ1) is 15.5. The van der Waals surface area contributed by atoms with E-state index in [0.29, 0.717) is 0 Å². The number of hydrogen-bond donors (Lipinski definition) is 7. The van der Waals surface area contributed by atoms with Crippen LogP contribution in [0.2, 0.25) is 0 Å². The Morgan fingerprint density at radius 1 is 1.15 bits per heavy atom. The fourth-order valence-corrected chi connectivity index (χ4v) is 6.36. The van der Waals surface area contributed by atoms with E-state index in [9.17, 15) is 33.2 Å². The predicted octanol–water partition coefficient (Wildman–Crippen LogP) is 1.24. The number of fused-ring (bicyclic) bond motifs is 1. The van der Waals surface area contributed by atoms with Gasteiger partial charge in [-0.2, -0.15) is 8.62 Å². The number of nitrogens with one attached hydrogen (secondary N) is 1. The van der Waals surface area contributed by atoms with E-state index in [1.807, 2.05) is 0 Å². The normalized spacial score (nSPS) is 26.9. The Morgan fingerprint density at radius 2 is 1.79 bits per heavy atom. The molecule has 0 bridgehead atoms. The lowest BCUT2D eigenvalue weighted by molar-refractivity contribution is -0.0224. The average molecular weight is 566 g/mol. The second-order valence-electron chi connectivity index (χ2n) is 7.03. The molecule has 6 atom stereocenters. The summed E-state index contributed by atoms with van der Waals surface area (Å²) in [5, 5.41) is 20.7. The third-order valence-corrected chi connectivity index (χ3v) is 8.65. The van der Waals surface area contributed by atoms with Crippen molar-refractivity contribution in [2.24, 2.45) is 0 Å². The van der Waals surface area contributed by atoms with Gasteiger partial charge in [0.05, 0.1) is 12.0 Å². The van der Waals surface area contributed by atoms with Crippen LogP contribution in [-0.4, -0.2) is 64.7 Å². The number of ether oxygens (including phenoxy) is 1. The van der Waals surface area contributed by atoms with Gasteiger partial charge in [-0.15, -0.1) is 0 Å². The first-order valence-corrected chi connectivity index (χ1v) is 13.9. The van der Waals surface area contributed by atoms with Gasteiger partial charge in [-0.3, -0.25) is 4.52 Å². The zero-order valence-corrected chi connectivity index (χ0v) is 20.3. The van der Waals surface area contributed by atoms with Gasteiger partial charge in [-0.25, -0.2) is 23.1 Å². The van der Waals surface area contributed by atoms with Gasteiger partial charge in [0, 0.05) is 17.3 Å². The summed E-state index contributed by atoms with van der Waals surface area (Å²) >= 11 is 5.19. The van der Waals surface area contributed by atoms with Gasteiger partial charge in [0.2, 0.25) is 0 Å². The number of pyridine rings is 2. The Hall–Kier alpha value is -1.00. The minimum Gasteiger partial charge on any atom is -0.387 e. The zero-order valence-electron chi connectivity index (χ0n) is 16.8. The summed E-state index contributed by atoms with van der Waals surface area (Å²) in [6.45, 7) is 0.476. The number of aryl methyl sites for hydroxylation is 1. The summed E-state index contributed by atoms with van der Waals surface area (Å²) in [6, 6.07) is 1.26. The Labute approximate surface area is 194 Å². The largest absolute Gasteiger partial charge is 0.490 e. The molecule has 1 fully saturated rings.